The molecule has 0 radical (unpaired) electrons. The van der Waals surface area contributed by atoms with E-state index in [9.17, 15) is 9.59 Å². The van der Waals surface area contributed by atoms with Crippen LogP contribution in [0, 0.1) is 6.92 Å². The zero-order chi connectivity index (χ0) is 44.9. The van der Waals surface area contributed by atoms with E-state index in [0.29, 0.717) is 62.9 Å². The monoisotopic (exact) mass is 870 g/mol. The van der Waals surface area contributed by atoms with Gasteiger partial charge in [-0.3, -0.25) is 9.80 Å². The third-order valence-corrected chi connectivity index (χ3v) is 12.5. The van der Waals surface area contributed by atoms with Crippen molar-refractivity contribution in [1.29, 1.82) is 0 Å². The number of nitrogens with zero attached hydrogens (tertiary/aromatic N) is 2. The summed E-state index contributed by atoms with van der Waals surface area (Å²) in [5.74, 6) is 4.79. The normalized spacial score (nSPS) is 20.9. The van der Waals surface area contributed by atoms with E-state index in [1.165, 1.54) is 14.2 Å². The first-order valence-electron chi connectivity index (χ1n) is 20.9. The largest absolute Gasteiger partial charge is 0.493 e. The molecule has 0 saturated heterocycles. The molecule has 0 aliphatic carbocycles. The highest BCUT2D eigenvalue weighted by molar-refractivity contribution is 5.99. The van der Waals surface area contributed by atoms with Crippen molar-refractivity contribution in [3.8, 4) is 57.5 Å². The third-order valence-electron chi connectivity index (χ3n) is 12.5. The zero-order valence-corrected chi connectivity index (χ0v) is 37.5. The molecule has 16 heteroatoms. The van der Waals surface area contributed by atoms with E-state index in [-0.39, 0.29) is 25.7 Å². The number of cyclic esters (lactones) is 2. The fourth-order valence-electron chi connectivity index (χ4n) is 9.77. The van der Waals surface area contributed by atoms with Gasteiger partial charge in [-0.2, -0.15) is 0 Å². The minimum atomic E-state index is -0.528. The molecule has 10 rings (SSSR count). The molecular formula is C47H54N2O14. The van der Waals surface area contributed by atoms with Crippen LogP contribution in [0.15, 0.2) is 30.3 Å². The molecule has 4 atom stereocenters. The van der Waals surface area contributed by atoms with Gasteiger partial charge in [0.15, 0.2) is 46.0 Å². The van der Waals surface area contributed by atoms with E-state index in [4.69, 9.17) is 56.8 Å². The van der Waals surface area contributed by atoms with Gasteiger partial charge < -0.3 is 56.8 Å². The summed E-state index contributed by atoms with van der Waals surface area (Å²) in [6, 6.07) is 8.85. The highest BCUT2D eigenvalue weighted by Crippen LogP contribution is 2.58. The molecule has 0 spiro atoms. The lowest BCUT2D eigenvalue weighted by Gasteiger charge is -2.39. The summed E-state index contributed by atoms with van der Waals surface area (Å²) in [5, 5.41) is 0. The highest BCUT2D eigenvalue weighted by Gasteiger charge is 2.48. The van der Waals surface area contributed by atoms with Gasteiger partial charge in [0, 0.05) is 35.3 Å². The molecule has 63 heavy (non-hydrogen) atoms. The number of benzene rings is 4. The molecule has 4 aromatic rings. The smallest absolute Gasteiger partial charge is 0.343 e. The fourth-order valence-corrected chi connectivity index (χ4v) is 9.77. The molecule has 4 aromatic carbocycles. The Morgan fingerprint density at radius 3 is 1.59 bits per heavy atom. The number of carbonyl (C=O) groups is 2. The van der Waals surface area contributed by atoms with Crippen molar-refractivity contribution in [1.82, 2.24) is 9.80 Å². The summed E-state index contributed by atoms with van der Waals surface area (Å²) in [4.78, 5) is 30.2. The van der Waals surface area contributed by atoms with Gasteiger partial charge in [-0.15, -0.1) is 0 Å². The minimum absolute atomic E-state index is 0.160. The maximum absolute atomic E-state index is 12.9. The number of hydrogen-bond donors (Lipinski definition) is 0. The first-order valence-corrected chi connectivity index (χ1v) is 20.9. The average Bonchev–Trinajstić information content (AvgIpc) is 4.12. The highest BCUT2D eigenvalue weighted by atomic mass is 16.7. The summed E-state index contributed by atoms with van der Waals surface area (Å²) in [5.41, 5.74) is 7.56. The number of ether oxygens (including phenoxy) is 12. The Bertz CT molecular complexity index is 2450. The summed E-state index contributed by atoms with van der Waals surface area (Å²) in [6.07, 6.45) is 0.612. The van der Waals surface area contributed by atoms with Crippen molar-refractivity contribution in [2.75, 3.05) is 83.4 Å². The topological polar surface area (TPSA) is 151 Å². The van der Waals surface area contributed by atoms with Crippen molar-refractivity contribution in [3.63, 3.8) is 0 Å². The molecule has 0 bridgehead atoms. The summed E-state index contributed by atoms with van der Waals surface area (Å²) >= 11 is 0. The van der Waals surface area contributed by atoms with Crippen molar-refractivity contribution < 1.29 is 66.4 Å². The van der Waals surface area contributed by atoms with Crippen LogP contribution in [0.1, 0.15) is 97.8 Å². The number of methoxy groups -OCH3 is 6. The quantitative estimate of drug-likeness (QED) is 0.166. The number of carbonyl (C=O) groups excluding carboxylic acids is 2. The predicted octanol–water partition coefficient (Wildman–Crippen LogP) is 7.10. The molecule has 6 heterocycles. The molecular weight excluding hydrogens is 817 g/mol. The fraction of sp³-hybridized carbons (Fsp3) is 0.447. The van der Waals surface area contributed by atoms with Gasteiger partial charge in [-0.25, -0.2) is 9.59 Å². The van der Waals surface area contributed by atoms with E-state index in [0.717, 1.165) is 70.6 Å². The molecule has 0 saturated carbocycles. The van der Waals surface area contributed by atoms with Crippen LogP contribution >= 0.6 is 0 Å². The van der Waals surface area contributed by atoms with Gasteiger partial charge >= 0.3 is 11.9 Å². The molecule has 0 amide bonds. The van der Waals surface area contributed by atoms with E-state index in [2.05, 4.69) is 9.80 Å². The van der Waals surface area contributed by atoms with E-state index >= 15 is 0 Å². The van der Waals surface area contributed by atoms with Crippen LogP contribution in [-0.2, 0) is 22.3 Å². The molecule has 0 unspecified atom stereocenters. The second-order valence-electron chi connectivity index (χ2n) is 15.4. The Morgan fingerprint density at radius 2 is 1.05 bits per heavy atom. The Balaban J connectivity index is 0.000000166. The first-order chi connectivity index (χ1) is 30.6. The van der Waals surface area contributed by atoms with Crippen molar-refractivity contribution in [3.05, 3.63) is 80.4 Å². The lowest BCUT2D eigenvalue weighted by atomic mass is 9.83. The van der Waals surface area contributed by atoms with Gasteiger partial charge in [0.1, 0.15) is 23.3 Å². The molecule has 16 nitrogen and oxygen atoms in total. The van der Waals surface area contributed by atoms with Crippen molar-refractivity contribution >= 4 is 11.9 Å². The van der Waals surface area contributed by atoms with Gasteiger partial charge in [-0.1, -0.05) is 26.0 Å². The summed E-state index contributed by atoms with van der Waals surface area (Å²) < 4.78 is 68.0. The maximum atomic E-state index is 12.9. The second kappa shape index (κ2) is 17.5. The lowest BCUT2D eigenvalue weighted by molar-refractivity contribution is 0.00804. The van der Waals surface area contributed by atoms with Gasteiger partial charge in [0.25, 0.3) is 0 Å². The Kier molecular flexibility index (Phi) is 12.0. The second-order valence-corrected chi connectivity index (χ2v) is 15.4. The zero-order valence-electron chi connectivity index (χ0n) is 37.5. The van der Waals surface area contributed by atoms with Crippen LogP contribution in [0.2, 0.25) is 0 Å². The van der Waals surface area contributed by atoms with Crippen LogP contribution in [0.5, 0.6) is 57.5 Å². The maximum Gasteiger partial charge on any atom is 0.343 e. The van der Waals surface area contributed by atoms with E-state index < -0.39 is 24.1 Å². The van der Waals surface area contributed by atoms with Gasteiger partial charge in [0.2, 0.25) is 25.1 Å². The summed E-state index contributed by atoms with van der Waals surface area (Å²) in [7, 11) is 13.4. The van der Waals surface area contributed by atoms with Gasteiger partial charge in [-0.05, 0) is 68.8 Å². The minimum Gasteiger partial charge on any atom is -0.493 e. The number of esters is 2. The summed E-state index contributed by atoms with van der Waals surface area (Å²) in [6.45, 7) is 7.97. The van der Waals surface area contributed by atoms with Crippen LogP contribution in [-0.4, -0.2) is 105 Å². The van der Waals surface area contributed by atoms with Crippen LogP contribution in [0.3, 0.4) is 0 Å². The molecule has 6 aliphatic heterocycles. The van der Waals surface area contributed by atoms with Crippen molar-refractivity contribution in [2.24, 2.45) is 0 Å². The Labute approximate surface area is 366 Å². The molecule has 0 N–H and O–H groups in total. The van der Waals surface area contributed by atoms with Gasteiger partial charge in [0.05, 0.1) is 54.7 Å². The molecule has 6 aliphatic rings. The van der Waals surface area contributed by atoms with Crippen LogP contribution in [0.4, 0.5) is 0 Å². The SMILES string of the molecule is CC.COc1ccc2c(c1OC)C(=O)O[C@@H]2[C@H]1c2c(c(C)c3c(c2OC)OCO3)CCN1C.COc1ccc2c(c1OC)C(=O)O[C@@H]2[C@H]1c2c(cc3c(c2OC)OCO3)CCN1C. The number of likely N-dealkylation sites (N-methyl/N-ethyl adjacent to an activating group) is 2. The molecule has 0 aromatic heterocycles. The lowest BCUT2D eigenvalue weighted by Crippen LogP contribution is -2.36. The number of rotatable bonds is 8. The number of hydrogen-bond acceptors (Lipinski definition) is 16. The predicted molar refractivity (Wildman–Crippen MR) is 228 cm³/mol. The molecule has 0 fully saturated rings. The first kappa shape index (κ1) is 43.4. The van der Waals surface area contributed by atoms with E-state index in [1.54, 1.807) is 40.6 Å². The van der Waals surface area contributed by atoms with Crippen molar-refractivity contribution in [2.45, 2.75) is 57.9 Å². The van der Waals surface area contributed by atoms with Crippen LogP contribution < -0.4 is 47.4 Å². The number of fused-ring (bicyclic) bond motifs is 6. The Hall–Kier alpha value is -6.26. The average molecular weight is 871 g/mol. The Morgan fingerprint density at radius 1 is 0.571 bits per heavy atom. The van der Waals surface area contributed by atoms with Crippen LogP contribution in [0.25, 0.3) is 0 Å². The third kappa shape index (κ3) is 6.81. The molecule has 336 valence electrons. The van der Waals surface area contributed by atoms with E-state index in [1.807, 2.05) is 53.1 Å². The standard InChI is InChI=1S/C23H25NO7.C22H23NO7.C2H6/c1-11-12-8-9-24(2)17(15(12)21(28-5)22-18(11)29-10-30-22)19-13-6-7-14(26-3)20(27-4)16(13)23(25)31-19;1-23-8-7-11-9-14-20(29-10-28-14)21(27-4)15(11)17(23)18-12-5-6-13(25-2)19(26-3)16(12)22(24)30-18;1-2/h6-7,17,19H,8-10H2,1-5H3;5-6,9,17-18H,7-8,10H2,1-4H3;1-2H3/t17-,19+;17-,18+;/m11./s1.